The Kier molecular flexibility index (Phi) is 4.49. The van der Waals surface area contributed by atoms with Crippen LogP contribution in [0.15, 0.2) is 48.5 Å². The molecule has 0 amide bonds. The summed E-state index contributed by atoms with van der Waals surface area (Å²) < 4.78 is 7.01. The molecule has 5 rings (SSSR count). The quantitative estimate of drug-likeness (QED) is 0.556. The third-order valence-electron chi connectivity index (χ3n) is 5.49. The van der Waals surface area contributed by atoms with Crippen molar-refractivity contribution in [3.05, 3.63) is 75.9 Å². The molecular weight excluding hydrogens is 384 g/mol. The first-order valence-corrected chi connectivity index (χ1v) is 10.5. The number of rotatable bonds is 4. The van der Waals surface area contributed by atoms with Crippen molar-refractivity contribution in [1.29, 1.82) is 0 Å². The normalized spacial score (nSPS) is 15.4. The lowest BCUT2D eigenvalue weighted by molar-refractivity contribution is 0.205. The molecule has 1 atom stereocenters. The minimum atomic E-state index is -0.104. The lowest BCUT2D eigenvalue weighted by Gasteiger charge is -2.35. The minimum absolute atomic E-state index is 0.104. The Morgan fingerprint density at radius 3 is 2.76 bits per heavy atom. The first kappa shape index (κ1) is 18.1. The van der Waals surface area contributed by atoms with Crippen LogP contribution < -0.4 is 4.74 Å². The number of methoxy groups -OCH3 is 1. The van der Waals surface area contributed by atoms with Gasteiger partial charge < -0.3 is 9.84 Å². The molecule has 0 fully saturated rings. The molecule has 0 radical (unpaired) electrons. The third-order valence-corrected chi connectivity index (χ3v) is 6.56. The van der Waals surface area contributed by atoms with Gasteiger partial charge in [-0.25, -0.2) is 4.98 Å². The van der Waals surface area contributed by atoms with Gasteiger partial charge in [0.05, 0.1) is 18.0 Å². The van der Waals surface area contributed by atoms with Crippen LogP contribution in [0.1, 0.15) is 33.4 Å². The minimum Gasteiger partial charge on any atom is -0.497 e. The van der Waals surface area contributed by atoms with Gasteiger partial charge in [0.15, 0.2) is 0 Å². The standard InChI is InChI=1S/C22H22N4O2S/c1-14-23-22-26(24-14)21(27)20(29-22)19(16-8-5-9-18(12-16)28-2)25-11-10-15-6-3-4-7-17(15)13-25/h3-9,12,19,27H,10-11,13H2,1-2H3/t19-/m1/s1. The van der Waals surface area contributed by atoms with Gasteiger partial charge in [-0.1, -0.05) is 47.7 Å². The van der Waals surface area contributed by atoms with Crippen molar-refractivity contribution in [3.63, 3.8) is 0 Å². The summed E-state index contributed by atoms with van der Waals surface area (Å²) in [5.41, 5.74) is 3.82. The van der Waals surface area contributed by atoms with Gasteiger partial charge in [0.1, 0.15) is 11.6 Å². The van der Waals surface area contributed by atoms with Crippen molar-refractivity contribution >= 4 is 16.3 Å². The van der Waals surface area contributed by atoms with Gasteiger partial charge >= 0.3 is 0 Å². The van der Waals surface area contributed by atoms with Crippen LogP contribution in [0.2, 0.25) is 0 Å². The second kappa shape index (κ2) is 7.17. The van der Waals surface area contributed by atoms with Crippen molar-refractivity contribution in [3.8, 4) is 11.6 Å². The Bertz CT molecular complexity index is 1180. The van der Waals surface area contributed by atoms with Crippen LogP contribution in [0.3, 0.4) is 0 Å². The van der Waals surface area contributed by atoms with Gasteiger partial charge in [0, 0.05) is 13.1 Å². The van der Waals surface area contributed by atoms with Gasteiger partial charge in [-0.15, -0.1) is 5.10 Å². The number of hydrogen-bond acceptors (Lipinski definition) is 6. The van der Waals surface area contributed by atoms with Crippen LogP contribution in [-0.4, -0.2) is 38.3 Å². The van der Waals surface area contributed by atoms with Crippen LogP contribution in [0.25, 0.3) is 4.96 Å². The summed E-state index contributed by atoms with van der Waals surface area (Å²) in [5, 5.41) is 15.3. The maximum atomic E-state index is 11.0. The summed E-state index contributed by atoms with van der Waals surface area (Å²) in [7, 11) is 1.68. The summed E-state index contributed by atoms with van der Waals surface area (Å²) in [6, 6.07) is 16.6. The summed E-state index contributed by atoms with van der Waals surface area (Å²) >= 11 is 1.49. The topological polar surface area (TPSA) is 62.9 Å². The second-order valence-corrected chi connectivity index (χ2v) is 8.32. The van der Waals surface area contributed by atoms with E-state index in [0.29, 0.717) is 10.8 Å². The molecule has 0 saturated carbocycles. The van der Waals surface area contributed by atoms with E-state index in [1.54, 1.807) is 11.6 Å². The maximum absolute atomic E-state index is 11.0. The average molecular weight is 407 g/mol. The number of aromatic nitrogens is 3. The summed E-state index contributed by atoms with van der Waals surface area (Å²) in [6.45, 7) is 3.56. The molecule has 3 heterocycles. The SMILES string of the molecule is COc1cccc([C@H](c2sc3nc(C)nn3c2O)N2CCc3ccccc3C2)c1. The van der Waals surface area contributed by atoms with Crippen LogP contribution in [0.5, 0.6) is 11.6 Å². The average Bonchev–Trinajstić information content (AvgIpc) is 3.25. The Morgan fingerprint density at radius 1 is 1.14 bits per heavy atom. The number of benzene rings is 2. The van der Waals surface area contributed by atoms with E-state index < -0.39 is 0 Å². The van der Waals surface area contributed by atoms with E-state index in [2.05, 4.69) is 45.3 Å². The van der Waals surface area contributed by atoms with E-state index in [4.69, 9.17) is 4.74 Å². The van der Waals surface area contributed by atoms with Gasteiger partial charge in [0.2, 0.25) is 10.8 Å². The second-order valence-electron chi connectivity index (χ2n) is 7.31. The molecule has 0 saturated heterocycles. The Morgan fingerprint density at radius 2 is 1.97 bits per heavy atom. The number of ether oxygens (including phenoxy) is 1. The molecule has 2 aromatic carbocycles. The third kappa shape index (κ3) is 3.16. The van der Waals surface area contributed by atoms with Gasteiger partial charge in [-0.2, -0.15) is 4.52 Å². The predicted molar refractivity (Wildman–Crippen MR) is 113 cm³/mol. The van der Waals surface area contributed by atoms with Crippen LogP contribution in [-0.2, 0) is 13.0 Å². The van der Waals surface area contributed by atoms with Crippen molar-refractivity contribution in [2.75, 3.05) is 13.7 Å². The zero-order chi connectivity index (χ0) is 20.0. The first-order chi connectivity index (χ1) is 14.1. The molecule has 148 valence electrons. The summed E-state index contributed by atoms with van der Waals surface area (Å²) in [6.07, 6.45) is 0.983. The number of fused-ring (bicyclic) bond motifs is 2. The van der Waals surface area contributed by atoms with E-state index >= 15 is 0 Å². The fraction of sp³-hybridized carbons (Fsp3) is 0.273. The molecule has 0 aliphatic carbocycles. The number of nitrogens with zero attached hydrogens (tertiary/aromatic N) is 4. The number of aromatic hydroxyl groups is 1. The summed E-state index contributed by atoms with van der Waals surface area (Å²) in [5.74, 6) is 1.62. The maximum Gasteiger partial charge on any atom is 0.230 e. The highest BCUT2D eigenvalue weighted by Gasteiger charge is 2.31. The number of aryl methyl sites for hydroxylation is 1. The fourth-order valence-corrected chi connectivity index (χ4v) is 5.27. The molecule has 6 nitrogen and oxygen atoms in total. The molecule has 0 unspecified atom stereocenters. The lowest BCUT2D eigenvalue weighted by Crippen LogP contribution is -2.34. The highest BCUT2D eigenvalue weighted by Crippen LogP contribution is 2.42. The van der Waals surface area contributed by atoms with Crippen LogP contribution in [0.4, 0.5) is 0 Å². The van der Waals surface area contributed by atoms with Crippen LogP contribution >= 0.6 is 11.3 Å². The fourth-order valence-electron chi connectivity index (χ4n) is 4.10. The molecule has 0 bridgehead atoms. The first-order valence-electron chi connectivity index (χ1n) is 9.64. The molecule has 1 aliphatic rings. The van der Waals surface area contributed by atoms with Crippen molar-refractivity contribution in [1.82, 2.24) is 19.5 Å². The molecule has 29 heavy (non-hydrogen) atoms. The van der Waals surface area contributed by atoms with E-state index in [-0.39, 0.29) is 11.9 Å². The lowest BCUT2D eigenvalue weighted by atomic mass is 9.95. The highest BCUT2D eigenvalue weighted by molar-refractivity contribution is 7.17. The van der Waals surface area contributed by atoms with Gasteiger partial charge in [0.25, 0.3) is 0 Å². The van der Waals surface area contributed by atoms with Crippen molar-refractivity contribution in [2.45, 2.75) is 25.9 Å². The van der Waals surface area contributed by atoms with E-state index in [9.17, 15) is 5.11 Å². The molecule has 1 N–H and O–H groups in total. The van der Waals surface area contributed by atoms with Gasteiger partial charge in [-0.3, -0.25) is 4.90 Å². The molecule has 1 aliphatic heterocycles. The van der Waals surface area contributed by atoms with E-state index in [1.807, 2.05) is 25.1 Å². The molecular formula is C22H22N4O2S. The molecule has 2 aromatic heterocycles. The monoisotopic (exact) mass is 406 g/mol. The highest BCUT2D eigenvalue weighted by atomic mass is 32.1. The van der Waals surface area contributed by atoms with Gasteiger partial charge in [-0.05, 0) is 42.2 Å². The number of thiazole rings is 1. The van der Waals surface area contributed by atoms with Crippen molar-refractivity contribution in [2.24, 2.45) is 0 Å². The number of hydrogen-bond donors (Lipinski definition) is 1. The predicted octanol–water partition coefficient (Wildman–Crippen LogP) is 3.96. The zero-order valence-corrected chi connectivity index (χ0v) is 17.2. The molecule has 0 spiro atoms. The Labute approximate surface area is 173 Å². The zero-order valence-electron chi connectivity index (χ0n) is 16.4. The molecule has 4 aromatic rings. The molecule has 7 heteroatoms. The van der Waals surface area contributed by atoms with E-state index in [1.165, 1.54) is 22.5 Å². The summed E-state index contributed by atoms with van der Waals surface area (Å²) in [4.78, 5) is 8.43. The Hall–Kier alpha value is -2.90. The Balaban J connectivity index is 1.63. The largest absolute Gasteiger partial charge is 0.497 e. The smallest absolute Gasteiger partial charge is 0.230 e. The van der Waals surface area contributed by atoms with E-state index in [0.717, 1.165) is 35.7 Å². The van der Waals surface area contributed by atoms with Crippen molar-refractivity contribution < 1.29 is 9.84 Å². The van der Waals surface area contributed by atoms with Crippen LogP contribution in [0, 0.1) is 6.92 Å².